The zero-order valence-corrected chi connectivity index (χ0v) is 12.7. The first-order valence-corrected chi connectivity index (χ1v) is 8.93. The number of rotatable bonds is 7. The minimum Gasteiger partial charge on any atom is -0.312 e. The zero-order chi connectivity index (χ0) is 13.7. The first-order valence-electron chi connectivity index (χ1n) is 5.69. The van der Waals surface area contributed by atoms with Gasteiger partial charge in [-0.2, -0.15) is 0 Å². The molecular formula is C10H14N4O2S3. The summed E-state index contributed by atoms with van der Waals surface area (Å²) in [7, 11) is -3.55. The monoisotopic (exact) mass is 318 g/mol. The molecule has 2 aromatic rings. The number of hydrogen-bond donors (Lipinski definition) is 2. The van der Waals surface area contributed by atoms with E-state index in [1.54, 1.807) is 11.4 Å². The highest BCUT2D eigenvalue weighted by molar-refractivity contribution is 7.93. The van der Waals surface area contributed by atoms with Gasteiger partial charge in [0.25, 0.3) is 10.0 Å². The SMILES string of the molecule is CCCNCc1cc(S(=O)(=O)Nc2nncs2)cs1. The van der Waals surface area contributed by atoms with Crippen LogP contribution in [0.1, 0.15) is 18.2 Å². The lowest BCUT2D eigenvalue weighted by Crippen LogP contribution is -2.13. The molecule has 2 rings (SSSR count). The van der Waals surface area contributed by atoms with Gasteiger partial charge >= 0.3 is 0 Å². The van der Waals surface area contributed by atoms with Crippen molar-refractivity contribution in [2.45, 2.75) is 24.8 Å². The highest BCUT2D eigenvalue weighted by Gasteiger charge is 2.17. The van der Waals surface area contributed by atoms with Gasteiger partial charge in [0.1, 0.15) is 5.51 Å². The molecule has 19 heavy (non-hydrogen) atoms. The van der Waals surface area contributed by atoms with Gasteiger partial charge in [-0.05, 0) is 19.0 Å². The average Bonchev–Trinajstić information content (AvgIpc) is 3.00. The van der Waals surface area contributed by atoms with Crippen molar-refractivity contribution in [3.8, 4) is 0 Å². The second-order valence-corrected chi connectivity index (χ2v) is 7.29. The van der Waals surface area contributed by atoms with Crippen LogP contribution < -0.4 is 10.0 Å². The molecule has 0 aliphatic heterocycles. The fourth-order valence-corrected chi connectivity index (χ4v) is 4.31. The van der Waals surface area contributed by atoms with Gasteiger partial charge in [-0.1, -0.05) is 18.3 Å². The highest BCUT2D eigenvalue weighted by Crippen LogP contribution is 2.22. The predicted octanol–water partition coefficient (Wildman–Crippen LogP) is 1.90. The first-order chi connectivity index (χ1) is 9.12. The Bertz CT molecular complexity index is 607. The average molecular weight is 318 g/mol. The van der Waals surface area contributed by atoms with Gasteiger partial charge in [0.2, 0.25) is 5.13 Å². The van der Waals surface area contributed by atoms with Crippen LogP contribution in [0.15, 0.2) is 21.9 Å². The lowest BCUT2D eigenvalue weighted by molar-refractivity contribution is 0.601. The van der Waals surface area contributed by atoms with E-state index in [4.69, 9.17) is 0 Å². The molecule has 9 heteroatoms. The zero-order valence-electron chi connectivity index (χ0n) is 10.3. The molecule has 0 aromatic carbocycles. The van der Waals surface area contributed by atoms with Crippen LogP contribution >= 0.6 is 22.7 Å². The molecule has 2 heterocycles. The molecule has 6 nitrogen and oxygen atoms in total. The molecule has 2 N–H and O–H groups in total. The molecule has 0 spiro atoms. The molecule has 0 fully saturated rings. The summed E-state index contributed by atoms with van der Waals surface area (Å²) >= 11 is 2.57. The van der Waals surface area contributed by atoms with Crippen LogP contribution in [-0.4, -0.2) is 25.2 Å². The topological polar surface area (TPSA) is 84.0 Å². The summed E-state index contributed by atoms with van der Waals surface area (Å²) in [5.74, 6) is 0. The number of nitrogens with one attached hydrogen (secondary N) is 2. The van der Waals surface area contributed by atoms with E-state index >= 15 is 0 Å². The quantitative estimate of drug-likeness (QED) is 0.762. The smallest absolute Gasteiger partial charge is 0.264 e. The van der Waals surface area contributed by atoms with E-state index in [0.717, 1.165) is 29.2 Å². The maximum Gasteiger partial charge on any atom is 0.264 e. The Hall–Kier alpha value is -1.03. The lowest BCUT2D eigenvalue weighted by Gasteiger charge is -2.01. The first kappa shape index (κ1) is 14.4. The summed E-state index contributed by atoms with van der Waals surface area (Å²) < 4.78 is 26.5. The van der Waals surface area contributed by atoms with Crippen molar-refractivity contribution in [3.63, 3.8) is 0 Å². The lowest BCUT2D eigenvalue weighted by atomic mass is 10.4. The number of nitrogens with zero attached hydrogens (tertiary/aromatic N) is 2. The molecule has 0 bridgehead atoms. The number of thiophene rings is 1. The molecule has 0 unspecified atom stereocenters. The normalized spacial score (nSPS) is 11.6. The van der Waals surface area contributed by atoms with Crippen molar-refractivity contribution in [1.82, 2.24) is 15.5 Å². The molecule has 2 aromatic heterocycles. The molecule has 0 aliphatic carbocycles. The molecule has 0 aliphatic rings. The molecule has 0 saturated heterocycles. The van der Waals surface area contributed by atoms with Crippen molar-refractivity contribution >= 4 is 37.8 Å². The summed E-state index contributed by atoms with van der Waals surface area (Å²) in [5, 5.41) is 12.4. The van der Waals surface area contributed by atoms with Gasteiger partial charge in [0.05, 0.1) is 4.90 Å². The van der Waals surface area contributed by atoms with E-state index in [-0.39, 0.29) is 10.0 Å². The Balaban J connectivity index is 2.04. The van der Waals surface area contributed by atoms with Gasteiger partial charge in [0.15, 0.2) is 0 Å². The Labute approximate surface area is 119 Å². The van der Waals surface area contributed by atoms with E-state index in [0.29, 0.717) is 6.54 Å². The van der Waals surface area contributed by atoms with Crippen molar-refractivity contribution < 1.29 is 8.42 Å². The number of sulfonamides is 1. The summed E-state index contributed by atoms with van der Waals surface area (Å²) in [6.45, 7) is 3.69. The predicted molar refractivity (Wildman–Crippen MR) is 77.0 cm³/mol. The summed E-state index contributed by atoms with van der Waals surface area (Å²) in [6, 6.07) is 1.68. The molecule has 0 radical (unpaired) electrons. The molecule has 0 atom stereocenters. The Morgan fingerprint density at radius 2 is 2.21 bits per heavy atom. The standard InChI is InChI=1S/C10H14N4O2S3/c1-2-3-11-5-8-4-9(6-17-8)19(15,16)14-10-13-12-7-18-10/h4,6-7,11H,2-3,5H2,1H3,(H,13,14). The molecule has 0 amide bonds. The van der Waals surface area contributed by atoms with Crippen LogP contribution in [0.2, 0.25) is 0 Å². The Morgan fingerprint density at radius 1 is 1.37 bits per heavy atom. The van der Waals surface area contributed by atoms with Crippen molar-refractivity contribution in [1.29, 1.82) is 0 Å². The van der Waals surface area contributed by atoms with Gasteiger partial charge in [0, 0.05) is 16.8 Å². The van der Waals surface area contributed by atoms with Gasteiger partial charge in [-0.25, -0.2) is 8.42 Å². The largest absolute Gasteiger partial charge is 0.312 e. The van der Waals surface area contributed by atoms with Gasteiger partial charge < -0.3 is 5.32 Å². The van der Waals surface area contributed by atoms with Crippen LogP contribution in [0, 0.1) is 0 Å². The van der Waals surface area contributed by atoms with Crippen molar-refractivity contribution in [2.75, 3.05) is 11.3 Å². The minimum atomic E-state index is -3.55. The van der Waals surface area contributed by atoms with Crippen molar-refractivity contribution in [2.24, 2.45) is 0 Å². The molecule has 104 valence electrons. The van der Waals surface area contributed by atoms with Crippen molar-refractivity contribution in [3.05, 3.63) is 21.8 Å². The van der Waals surface area contributed by atoms with E-state index in [2.05, 4.69) is 27.2 Å². The minimum absolute atomic E-state index is 0.265. The third-order valence-electron chi connectivity index (χ3n) is 2.25. The second kappa shape index (κ2) is 6.42. The van der Waals surface area contributed by atoms with E-state index in [9.17, 15) is 8.42 Å². The van der Waals surface area contributed by atoms with E-state index in [1.807, 2.05) is 0 Å². The number of anilines is 1. The Morgan fingerprint density at radius 3 is 2.89 bits per heavy atom. The number of hydrogen-bond acceptors (Lipinski definition) is 7. The van der Waals surface area contributed by atoms with Crippen LogP contribution in [0.4, 0.5) is 5.13 Å². The fourth-order valence-electron chi connectivity index (χ4n) is 1.37. The van der Waals surface area contributed by atoms with Crippen LogP contribution in [0.3, 0.4) is 0 Å². The van der Waals surface area contributed by atoms with Crippen LogP contribution in [0.5, 0.6) is 0 Å². The van der Waals surface area contributed by atoms with Crippen LogP contribution in [-0.2, 0) is 16.6 Å². The fraction of sp³-hybridized carbons (Fsp3) is 0.400. The van der Waals surface area contributed by atoms with Gasteiger partial charge in [-0.15, -0.1) is 21.5 Å². The maximum atomic E-state index is 12.1. The van der Waals surface area contributed by atoms with Gasteiger partial charge in [-0.3, -0.25) is 4.72 Å². The molecule has 0 saturated carbocycles. The third-order valence-corrected chi connectivity index (χ3v) is 5.39. The Kier molecular flexibility index (Phi) is 4.86. The molecular weight excluding hydrogens is 304 g/mol. The second-order valence-electron chi connectivity index (χ2n) is 3.77. The maximum absolute atomic E-state index is 12.1. The highest BCUT2D eigenvalue weighted by atomic mass is 32.2. The number of aromatic nitrogens is 2. The summed E-state index contributed by atoms with van der Waals surface area (Å²) in [4.78, 5) is 1.26. The van der Waals surface area contributed by atoms with Crippen LogP contribution in [0.25, 0.3) is 0 Å². The van der Waals surface area contributed by atoms with E-state index in [1.165, 1.54) is 16.8 Å². The summed E-state index contributed by atoms with van der Waals surface area (Å²) in [5.41, 5.74) is 1.48. The summed E-state index contributed by atoms with van der Waals surface area (Å²) in [6.07, 6.45) is 1.05. The third kappa shape index (κ3) is 3.96. The van der Waals surface area contributed by atoms with E-state index < -0.39 is 10.0 Å².